The minimum absolute atomic E-state index is 0.168. The van der Waals surface area contributed by atoms with Crippen LogP contribution in [-0.2, 0) is 17.6 Å². The van der Waals surface area contributed by atoms with Gasteiger partial charge >= 0.3 is 0 Å². The topological polar surface area (TPSA) is 94.8 Å². The SMILES string of the molecule is CCOc1ccc(/C=N/NC(=O)C(C)n2cnc3sc4c(c3c2=O)CCCC4)cc1OCC. The summed E-state index contributed by atoms with van der Waals surface area (Å²) >= 11 is 1.60. The fourth-order valence-corrected chi connectivity index (χ4v) is 5.19. The number of carbonyl (C=O) groups excluding carboxylic acids is 1. The van der Waals surface area contributed by atoms with Crippen molar-refractivity contribution in [2.75, 3.05) is 13.2 Å². The summed E-state index contributed by atoms with van der Waals surface area (Å²) in [6.45, 7) is 6.53. The van der Waals surface area contributed by atoms with Crippen LogP contribution < -0.4 is 20.5 Å². The molecule has 1 amide bonds. The van der Waals surface area contributed by atoms with Crippen LogP contribution in [0.25, 0.3) is 10.2 Å². The largest absolute Gasteiger partial charge is 0.490 e. The Labute approximate surface area is 196 Å². The minimum atomic E-state index is -0.745. The number of hydrazone groups is 1. The molecule has 3 aromatic rings. The normalized spacial score (nSPS) is 14.3. The fourth-order valence-electron chi connectivity index (χ4n) is 3.97. The number of benzene rings is 1. The van der Waals surface area contributed by atoms with Gasteiger partial charge in [0.05, 0.1) is 31.1 Å². The summed E-state index contributed by atoms with van der Waals surface area (Å²) < 4.78 is 12.6. The maximum atomic E-state index is 13.2. The summed E-state index contributed by atoms with van der Waals surface area (Å²) in [7, 11) is 0. The molecule has 1 unspecified atom stereocenters. The lowest BCUT2D eigenvalue weighted by Gasteiger charge is -2.14. The second-order valence-electron chi connectivity index (χ2n) is 7.83. The Morgan fingerprint density at radius 3 is 2.79 bits per heavy atom. The molecule has 0 fully saturated rings. The monoisotopic (exact) mass is 468 g/mol. The van der Waals surface area contributed by atoms with E-state index < -0.39 is 11.9 Å². The van der Waals surface area contributed by atoms with Gasteiger partial charge in [0, 0.05) is 4.88 Å². The van der Waals surface area contributed by atoms with Crippen LogP contribution in [0.5, 0.6) is 11.5 Å². The minimum Gasteiger partial charge on any atom is -0.490 e. The predicted octanol–water partition coefficient (Wildman–Crippen LogP) is 3.85. The van der Waals surface area contributed by atoms with E-state index in [1.165, 1.54) is 22.0 Å². The molecule has 0 radical (unpaired) electrons. The lowest BCUT2D eigenvalue weighted by atomic mass is 9.97. The number of carbonyl (C=O) groups is 1. The molecular formula is C24H28N4O4S. The number of amides is 1. The molecule has 1 atom stereocenters. The average molecular weight is 469 g/mol. The van der Waals surface area contributed by atoms with E-state index in [0.29, 0.717) is 30.1 Å². The number of hydrogen-bond donors (Lipinski definition) is 1. The predicted molar refractivity (Wildman–Crippen MR) is 130 cm³/mol. The van der Waals surface area contributed by atoms with Crippen molar-refractivity contribution in [2.45, 2.75) is 52.5 Å². The third kappa shape index (κ3) is 4.78. The number of rotatable bonds is 8. The van der Waals surface area contributed by atoms with Crippen LogP contribution in [-0.4, -0.2) is 34.9 Å². The molecule has 1 aromatic carbocycles. The quantitative estimate of drug-likeness (QED) is 0.400. The molecule has 2 aromatic heterocycles. The molecule has 2 heterocycles. The summed E-state index contributed by atoms with van der Waals surface area (Å²) in [5.74, 6) is 0.884. The van der Waals surface area contributed by atoms with E-state index in [9.17, 15) is 9.59 Å². The summed E-state index contributed by atoms with van der Waals surface area (Å²) in [6.07, 6.45) is 7.10. The van der Waals surface area contributed by atoms with Gasteiger partial charge in [-0.3, -0.25) is 14.2 Å². The van der Waals surface area contributed by atoms with Crippen molar-refractivity contribution in [3.63, 3.8) is 0 Å². The summed E-state index contributed by atoms with van der Waals surface area (Å²) in [5.41, 5.74) is 4.22. The van der Waals surface area contributed by atoms with Gasteiger partial charge in [-0.1, -0.05) is 0 Å². The van der Waals surface area contributed by atoms with Crippen LogP contribution in [0.15, 0.2) is 34.4 Å². The molecular weight excluding hydrogens is 440 g/mol. The van der Waals surface area contributed by atoms with E-state index in [-0.39, 0.29) is 5.56 Å². The van der Waals surface area contributed by atoms with Crippen LogP contribution in [0.1, 0.15) is 55.7 Å². The Hall–Kier alpha value is -3.20. The summed E-state index contributed by atoms with van der Waals surface area (Å²) in [6, 6.07) is 4.69. The Morgan fingerprint density at radius 1 is 1.24 bits per heavy atom. The fraction of sp³-hybridized carbons (Fsp3) is 0.417. The van der Waals surface area contributed by atoms with E-state index in [2.05, 4.69) is 15.5 Å². The Kier molecular flexibility index (Phi) is 7.08. The van der Waals surface area contributed by atoms with Crippen LogP contribution in [0.4, 0.5) is 0 Å². The Morgan fingerprint density at radius 2 is 2.00 bits per heavy atom. The number of fused-ring (bicyclic) bond motifs is 3. The van der Waals surface area contributed by atoms with Crippen LogP contribution >= 0.6 is 11.3 Å². The lowest BCUT2D eigenvalue weighted by Crippen LogP contribution is -2.34. The standard InChI is InChI=1S/C24H28N4O4S/c1-4-31-18-11-10-16(12-19(18)32-5-2)13-26-27-22(29)15(3)28-14-25-23-21(24(28)30)17-8-6-7-9-20(17)33-23/h10-15H,4-9H2,1-3H3,(H,27,29)/b26-13+. The Bertz CT molecular complexity index is 1250. The van der Waals surface area contributed by atoms with Gasteiger partial charge in [-0.05, 0) is 75.8 Å². The first-order valence-corrected chi connectivity index (χ1v) is 12.1. The molecule has 1 aliphatic rings. The number of hydrogen-bond acceptors (Lipinski definition) is 7. The van der Waals surface area contributed by atoms with Gasteiger partial charge < -0.3 is 9.47 Å². The Balaban J connectivity index is 1.49. The number of thiophene rings is 1. The molecule has 1 aliphatic carbocycles. The van der Waals surface area contributed by atoms with E-state index in [0.717, 1.165) is 41.6 Å². The molecule has 174 valence electrons. The number of aromatic nitrogens is 2. The molecule has 0 saturated carbocycles. The maximum absolute atomic E-state index is 13.2. The van der Waals surface area contributed by atoms with Crippen molar-refractivity contribution in [2.24, 2.45) is 5.10 Å². The number of aryl methyl sites for hydroxylation is 2. The number of nitrogens with one attached hydrogen (secondary N) is 1. The number of ether oxygens (including phenoxy) is 2. The molecule has 9 heteroatoms. The summed E-state index contributed by atoms with van der Waals surface area (Å²) in [5, 5.41) is 4.73. The zero-order chi connectivity index (χ0) is 23.4. The van der Waals surface area contributed by atoms with Crippen molar-refractivity contribution >= 4 is 33.7 Å². The molecule has 33 heavy (non-hydrogen) atoms. The van der Waals surface area contributed by atoms with Gasteiger partial charge in [0.2, 0.25) is 0 Å². The van der Waals surface area contributed by atoms with Crippen molar-refractivity contribution in [1.29, 1.82) is 0 Å². The maximum Gasteiger partial charge on any atom is 0.263 e. The van der Waals surface area contributed by atoms with E-state index in [1.807, 2.05) is 26.0 Å². The molecule has 0 spiro atoms. The van der Waals surface area contributed by atoms with Gasteiger partial charge in [-0.2, -0.15) is 5.10 Å². The first-order valence-electron chi connectivity index (χ1n) is 11.3. The van der Waals surface area contributed by atoms with Gasteiger partial charge in [0.15, 0.2) is 11.5 Å². The highest BCUT2D eigenvalue weighted by Gasteiger charge is 2.23. The molecule has 0 saturated heterocycles. The van der Waals surface area contributed by atoms with Crippen LogP contribution in [0, 0.1) is 0 Å². The molecule has 8 nitrogen and oxygen atoms in total. The third-order valence-corrected chi connectivity index (χ3v) is 6.85. The first kappa shape index (κ1) is 23.0. The molecule has 0 bridgehead atoms. The average Bonchev–Trinajstić information content (AvgIpc) is 3.20. The highest BCUT2D eigenvalue weighted by molar-refractivity contribution is 7.18. The first-order chi connectivity index (χ1) is 16.0. The van der Waals surface area contributed by atoms with Crippen molar-refractivity contribution in [3.8, 4) is 11.5 Å². The zero-order valence-corrected chi connectivity index (χ0v) is 19.9. The van der Waals surface area contributed by atoms with Crippen molar-refractivity contribution < 1.29 is 14.3 Å². The van der Waals surface area contributed by atoms with Crippen LogP contribution in [0.3, 0.4) is 0 Å². The van der Waals surface area contributed by atoms with Gasteiger partial charge in [0.25, 0.3) is 11.5 Å². The molecule has 4 rings (SSSR count). The zero-order valence-electron chi connectivity index (χ0n) is 19.1. The number of nitrogens with zero attached hydrogens (tertiary/aromatic N) is 3. The molecule has 0 aliphatic heterocycles. The van der Waals surface area contributed by atoms with E-state index >= 15 is 0 Å². The van der Waals surface area contributed by atoms with Crippen molar-refractivity contribution in [3.05, 3.63) is 50.9 Å². The van der Waals surface area contributed by atoms with Gasteiger partial charge in [-0.15, -0.1) is 11.3 Å². The third-order valence-electron chi connectivity index (χ3n) is 5.65. The highest BCUT2D eigenvalue weighted by Crippen LogP contribution is 2.33. The van der Waals surface area contributed by atoms with E-state index in [4.69, 9.17) is 9.47 Å². The summed E-state index contributed by atoms with van der Waals surface area (Å²) in [4.78, 5) is 32.4. The lowest BCUT2D eigenvalue weighted by molar-refractivity contribution is -0.123. The van der Waals surface area contributed by atoms with Crippen molar-refractivity contribution in [1.82, 2.24) is 15.0 Å². The molecule has 1 N–H and O–H groups in total. The highest BCUT2D eigenvalue weighted by atomic mass is 32.1. The van der Waals surface area contributed by atoms with E-state index in [1.54, 1.807) is 24.3 Å². The second-order valence-corrected chi connectivity index (χ2v) is 8.91. The van der Waals surface area contributed by atoms with Gasteiger partial charge in [0.1, 0.15) is 10.9 Å². The smallest absolute Gasteiger partial charge is 0.263 e. The van der Waals surface area contributed by atoms with Gasteiger partial charge in [-0.25, -0.2) is 10.4 Å². The van der Waals surface area contributed by atoms with Crippen LogP contribution in [0.2, 0.25) is 0 Å². The second kappa shape index (κ2) is 10.2.